The first-order valence-electron chi connectivity index (χ1n) is 18.6. The number of carbonyl (C=O) groups excluding carboxylic acids is 1. The number of likely N-dealkylation sites (N-methyl/N-ethyl adjacent to an activating group) is 1. The average molecular weight is 732 g/mol. The number of aliphatic hydroxyl groups is 2. The minimum Gasteiger partial charge on any atom is -0.492 e. The van der Waals surface area contributed by atoms with E-state index in [0.29, 0.717) is 31.6 Å². The molecule has 1 aromatic carbocycles. The Labute approximate surface area is 308 Å². The smallest absolute Gasteiger partial charge is 0.410 e. The van der Waals surface area contributed by atoms with Crippen molar-refractivity contribution in [1.29, 1.82) is 0 Å². The van der Waals surface area contributed by atoms with E-state index in [4.69, 9.17) is 40.5 Å². The number of halogens is 1. The lowest BCUT2D eigenvalue weighted by Crippen LogP contribution is -2.69. The first-order chi connectivity index (χ1) is 24.6. The lowest BCUT2D eigenvalue weighted by Gasteiger charge is -2.59. The normalized spacial score (nSPS) is 27.5. The van der Waals surface area contributed by atoms with Gasteiger partial charge in [0.15, 0.2) is 0 Å². The molecule has 1 aromatic rings. The van der Waals surface area contributed by atoms with Gasteiger partial charge in [-0.2, -0.15) is 0 Å². The number of carbonyl (C=O) groups is 1. The number of amides is 1. The lowest BCUT2D eigenvalue weighted by molar-refractivity contribution is -0.253. The number of oxime groups is 1. The second kappa shape index (κ2) is 17.8. The molecule has 2 aliphatic heterocycles. The summed E-state index contributed by atoms with van der Waals surface area (Å²) in [6, 6.07) is 5.38. The van der Waals surface area contributed by atoms with E-state index < -0.39 is 29.4 Å². The van der Waals surface area contributed by atoms with Gasteiger partial charge < -0.3 is 38.9 Å². The van der Waals surface area contributed by atoms with Crippen LogP contribution in [0.4, 0.5) is 4.79 Å². The van der Waals surface area contributed by atoms with Crippen molar-refractivity contribution in [2.45, 2.75) is 89.1 Å². The van der Waals surface area contributed by atoms with Gasteiger partial charge in [-0.1, -0.05) is 30.1 Å². The van der Waals surface area contributed by atoms with Crippen molar-refractivity contribution in [2.75, 3.05) is 65.6 Å². The number of unbranched alkanes of at least 4 members (excludes halogenated alkanes) is 2. The Balaban J connectivity index is 1.71. The molecule has 51 heavy (non-hydrogen) atoms. The van der Waals surface area contributed by atoms with Crippen LogP contribution >= 0.6 is 11.6 Å². The molecule has 6 atom stereocenters. The van der Waals surface area contributed by atoms with E-state index in [1.807, 2.05) is 32.9 Å². The number of alkyl halides is 1. The van der Waals surface area contributed by atoms with Crippen molar-refractivity contribution in [3.05, 3.63) is 48.1 Å². The molecule has 0 aromatic heterocycles. The second-order valence-electron chi connectivity index (χ2n) is 15.1. The molecule has 0 bridgehead atoms. The fraction of sp³-hybridized carbons (Fsp3) is 0.692. The molecule has 0 radical (unpaired) electrons. The topological polar surface area (TPSA) is 122 Å². The molecule has 12 heteroatoms. The minimum atomic E-state index is -1.33. The summed E-state index contributed by atoms with van der Waals surface area (Å²) in [6.07, 6.45) is 8.63. The SMILES string of the molecule is C=CCO[C@@]12Oc3ccc(OCCN4CC4)cc3[C@H]3[C@H](CCCCO)[C@@H](CCCCO)C=C(C(=NOC(C)(C)C)C[C@@H]1N(C)C(=O)OCCCl)[C@H]32. The van der Waals surface area contributed by atoms with Crippen LogP contribution in [0.1, 0.15) is 77.2 Å². The Bertz CT molecular complexity index is 1390. The van der Waals surface area contributed by atoms with Crippen molar-refractivity contribution >= 4 is 23.4 Å². The van der Waals surface area contributed by atoms with Crippen LogP contribution in [-0.4, -0.2) is 115 Å². The number of nitrogens with zero attached hydrogens (tertiary/aromatic N) is 3. The van der Waals surface area contributed by atoms with Crippen molar-refractivity contribution in [1.82, 2.24) is 9.80 Å². The van der Waals surface area contributed by atoms with Gasteiger partial charge in [0.05, 0.1) is 24.1 Å². The molecular weight excluding hydrogens is 674 g/mol. The summed E-state index contributed by atoms with van der Waals surface area (Å²) in [4.78, 5) is 23.6. The van der Waals surface area contributed by atoms with Crippen molar-refractivity contribution < 1.29 is 38.8 Å². The first kappa shape index (κ1) is 39.4. The molecule has 5 rings (SSSR count). The molecule has 2 fully saturated rings. The van der Waals surface area contributed by atoms with Gasteiger partial charge in [0.1, 0.15) is 36.4 Å². The minimum absolute atomic E-state index is 0.0654. The molecule has 0 spiro atoms. The van der Waals surface area contributed by atoms with Gasteiger partial charge in [-0.3, -0.25) is 4.90 Å². The van der Waals surface area contributed by atoms with E-state index in [2.05, 4.69) is 23.6 Å². The first-order valence-corrected chi connectivity index (χ1v) is 19.2. The van der Waals surface area contributed by atoms with Crippen LogP contribution in [0.25, 0.3) is 0 Å². The Morgan fingerprint density at radius 1 is 1.16 bits per heavy atom. The average Bonchev–Trinajstić information content (AvgIpc) is 3.94. The summed E-state index contributed by atoms with van der Waals surface area (Å²) < 4.78 is 25.9. The molecule has 2 N–H and O–H groups in total. The zero-order valence-corrected chi connectivity index (χ0v) is 31.6. The quantitative estimate of drug-likeness (QED) is 0.0570. The molecule has 1 saturated heterocycles. The zero-order valence-electron chi connectivity index (χ0n) is 30.9. The third kappa shape index (κ3) is 9.40. The van der Waals surface area contributed by atoms with E-state index in [0.717, 1.165) is 67.9 Å². The number of hydrogen-bond acceptors (Lipinski definition) is 10. The summed E-state index contributed by atoms with van der Waals surface area (Å²) in [7, 11) is 1.71. The Morgan fingerprint density at radius 2 is 1.90 bits per heavy atom. The van der Waals surface area contributed by atoms with Crippen LogP contribution in [-0.2, 0) is 14.3 Å². The summed E-state index contributed by atoms with van der Waals surface area (Å²) in [6.45, 7) is 14.0. The van der Waals surface area contributed by atoms with E-state index >= 15 is 0 Å². The van der Waals surface area contributed by atoms with E-state index in [9.17, 15) is 15.0 Å². The van der Waals surface area contributed by atoms with Crippen molar-refractivity contribution in [3.63, 3.8) is 0 Å². The van der Waals surface area contributed by atoms with Crippen LogP contribution in [0.2, 0.25) is 0 Å². The van der Waals surface area contributed by atoms with Crippen LogP contribution in [0.5, 0.6) is 11.5 Å². The summed E-state index contributed by atoms with van der Waals surface area (Å²) >= 11 is 5.92. The molecular formula is C39H58ClN3O8. The number of hydrogen-bond donors (Lipinski definition) is 2. The van der Waals surface area contributed by atoms with Gasteiger partial charge in [-0.15, -0.1) is 18.2 Å². The number of fused-ring (bicyclic) bond motifs is 2. The molecule has 0 unspecified atom stereocenters. The highest BCUT2D eigenvalue weighted by Gasteiger charge is 2.65. The standard InChI is InChI=1S/C39H58ClN3O8/c1-6-21-49-39-34(42(5)37(46)48-22-15-40)26-32(41-51-38(2,3)4)30-24-27(11-7-9-19-44)29(12-8-10-20-45)35(36(30)39)31-25-28(13-14-33(31)50-39)47-23-18-43-16-17-43/h6,13-14,24-25,27,29,34-36,44-45H,1,7-12,15-23,26H2,2-5H3/t27-,29+,34-,35+,36+,39+/m0/s1. The largest absolute Gasteiger partial charge is 0.492 e. The second-order valence-corrected chi connectivity index (χ2v) is 15.5. The molecule has 1 amide bonds. The fourth-order valence-electron chi connectivity index (χ4n) is 7.95. The maximum absolute atomic E-state index is 13.6. The number of allylic oxidation sites excluding steroid dienone is 1. The molecule has 2 heterocycles. The third-order valence-corrected chi connectivity index (χ3v) is 10.5. The van der Waals surface area contributed by atoms with E-state index in [-0.39, 0.29) is 50.1 Å². The highest BCUT2D eigenvalue weighted by molar-refractivity contribution is 6.18. The lowest BCUT2D eigenvalue weighted by atomic mass is 9.55. The van der Waals surface area contributed by atoms with Crippen LogP contribution in [0, 0.1) is 17.8 Å². The number of ether oxygens (including phenoxy) is 4. The van der Waals surface area contributed by atoms with Crippen LogP contribution < -0.4 is 9.47 Å². The molecule has 284 valence electrons. The van der Waals surface area contributed by atoms with Crippen LogP contribution in [0.15, 0.2) is 47.7 Å². The Kier molecular flexibility index (Phi) is 13.7. The van der Waals surface area contributed by atoms with E-state index in [1.54, 1.807) is 18.0 Å². The van der Waals surface area contributed by atoms with Gasteiger partial charge in [-0.25, -0.2) is 4.79 Å². The third-order valence-electron chi connectivity index (χ3n) is 10.3. The van der Waals surface area contributed by atoms with Gasteiger partial charge in [0.25, 0.3) is 0 Å². The fourth-order valence-corrected chi connectivity index (χ4v) is 8.03. The molecule has 2 aliphatic carbocycles. The zero-order chi connectivity index (χ0) is 36.6. The Morgan fingerprint density at radius 3 is 2.57 bits per heavy atom. The highest BCUT2D eigenvalue weighted by atomic mass is 35.5. The predicted molar refractivity (Wildman–Crippen MR) is 198 cm³/mol. The van der Waals surface area contributed by atoms with Gasteiger partial charge in [0, 0.05) is 57.8 Å². The van der Waals surface area contributed by atoms with Gasteiger partial charge >= 0.3 is 6.09 Å². The number of aliphatic hydroxyl groups excluding tert-OH is 2. The maximum atomic E-state index is 13.6. The van der Waals surface area contributed by atoms with Crippen molar-refractivity contribution in [2.24, 2.45) is 22.9 Å². The molecule has 1 saturated carbocycles. The number of rotatable bonds is 19. The summed E-state index contributed by atoms with van der Waals surface area (Å²) in [5, 5.41) is 24.4. The predicted octanol–water partition coefficient (Wildman–Crippen LogP) is 6.12. The summed E-state index contributed by atoms with van der Waals surface area (Å²) in [5.41, 5.74) is 2.19. The maximum Gasteiger partial charge on any atom is 0.410 e. The molecule has 11 nitrogen and oxygen atoms in total. The Hall–Kier alpha value is -2.83. The summed E-state index contributed by atoms with van der Waals surface area (Å²) in [5.74, 6) is 0.0519. The highest BCUT2D eigenvalue weighted by Crippen LogP contribution is 2.61. The van der Waals surface area contributed by atoms with Crippen molar-refractivity contribution in [3.8, 4) is 11.5 Å². The number of benzene rings is 1. The monoisotopic (exact) mass is 731 g/mol. The molecule has 4 aliphatic rings. The van der Waals surface area contributed by atoms with Gasteiger partial charge in [-0.05, 0) is 82.1 Å². The van der Waals surface area contributed by atoms with Gasteiger partial charge in [0.2, 0.25) is 5.79 Å². The van der Waals surface area contributed by atoms with Crippen LogP contribution in [0.3, 0.4) is 0 Å². The van der Waals surface area contributed by atoms with E-state index in [1.165, 1.54) is 0 Å².